The Bertz CT molecular complexity index is 831. The molecule has 0 spiro atoms. The fourth-order valence-corrected chi connectivity index (χ4v) is 2.66. The Morgan fingerprint density at radius 2 is 1.73 bits per heavy atom. The maximum absolute atomic E-state index is 12.9. The van der Waals surface area contributed by atoms with Gasteiger partial charge in [0.05, 0.1) is 5.56 Å². The summed E-state index contributed by atoms with van der Waals surface area (Å²) in [6.45, 7) is 3.86. The number of nitrogens with one attached hydrogen (secondary N) is 1. The molecule has 1 heterocycles. The topological polar surface area (TPSA) is 47.6 Å². The van der Waals surface area contributed by atoms with E-state index in [2.05, 4.69) is 5.32 Å². The number of carbonyl (C=O) groups excluding carboxylic acids is 1. The highest BCUT2D eigenvalue weighted by Gasteiger charge is 2.32. The van der Waals surface area contributed by atoms with Crippen LogP contribution in [0.4, 0.5) is 13.2 Å². The smallest absolute Gasteiger partial charge is 0.416 e. The lowest BCUT2D eigenvalue weighted by molar-refractivity contribution is -0.137. The number of carbonyl (C=O) groups is 1. The third kappa shape index (κ3) is 3.76. The van der Waals surface area contributed by atoms with Gasteiger partial charge in [-0.1, -0.05) is 32.0 Å². The molecule has 138 valence electrons. The molecule has 0 aromatic heterocycles. The van der Waals surface area contributed by atoms with Crippen LogP contribution in [0.1, 0.15) is 35.3 Å². The Balaban J connectivity index is 1.71. The van der Waals surface area contributed by atoms with Crippen LogP contribution in [0.15, 0.2) is 42.5 Å². The molecule has 0 fully saturated rings. The molecule has 1 N–H and O–H groups in total. The standard InChI is InChI=1S/C19H18F3NO3/c1-18(2,13-4-3-5-14(9-13)19(20,21)22)10-23-17(24)12-6-7-15-16(8-12)26-11-25-15/h3-9H,10-11H2,1-2H3,(H,23,24). The van der Waals surface area contributed by atoms with E-state index in [1.807, 2.05) is 0 Å². The van der Waals surface area contributed by atoms with Gasteiger partial charge in [-0.3, -0.25) is 4.79 Å². The highest BCUT2D eigenvalue weighted by Crippen LogP contribution is 2.34. The maximum Gasteiger partial charge on any atom is 0.416 e. The first-order valence-electron chi connectivity index (χ1n) is 8.02. The third-order valence-corrected chi connectivity index (χ3v) is 4.30. The molecule has 0 unspecified atom stereocenters. The molecule has 2 aromatic carbocycles. The van der Waals surface area contributed by atoms with Crippen LogP contribution in [-0.4, -0.2) is 19.2 Å². The van der Waals surface area contributed by atoms with Crippen molar-refractivity contribution in [1.29, 1.82) is 0 Å². The lowest BCUT2D eigenvalue weighted by Gasteiger charge is -2.26. The maximum atomic E-state index is 12.9. The molecule has 1 aliphatic rings. The Morgan fingerprint density at radius 3 is 2.46 bits per heavy atom. The fourth-order valence-electron chi connectivity index (χ4n) is 2.66. The van der Waals surface area contributed by atoms with E-state index >= 15 is 0 Å². The zero-order valence-corrected chi connectivity index (χ0v) is 14.3. The first kappa shape index (κ1) is 18.1. The van der Waals surface area contributed by atoms with Gasteiger partial charge in [0.25, 0.3) is 5.91 Å². The van der Waals surface area contributed by atoms with Crippen molar-refractivity contribution in [2.24, 2.45) is 0 Å². The second-order valence-electron chi connectivity index (χ2n) is 6.71. The number of fused-ring (bicyclic) bond motifs is 1. The summed E-state index contributed by atoms with van der Waals surface area (Å²) in [5, 5.41) is 2.77. The van der Waals surface area contributed by atoms with Gasteiger partial charge in [0, 0.05) is 17.5 Å². The first-order valence-corrected chi connectivity index (χ1v) is 8.02. The van der Waals surface area contributed by atoms with Crippen LogP contribution in [0, 0.1) is 0 Å². The lowest BCUT2D eigenvalue weighted by Crippen LogP contribution is -2.36. The predicted octanol–water partition coefficient (Wildman–Crippen LogP) is 4.14. The van der Waals surface area contributed by atoms with E-state index in [0.29, 0.717) is 22.6 Å². The molecule has 7 heteroatoms. The largest absolute Gasteiger partial charge is 0.454 e. The average molecular weight is 365 g/mol. The predicted molar refractivity (Wildman–Crippen MR) is 89.4 cm³/mol. The molecule has 1 aliphatic heterocycles. The number of alkyl halides is 3. The number of rotatable bonds is 4. The van der Waals surface area contributed by atoms with E-state index in [0.717, 1.165) is 12.1 Å². The molecule has 0 aliphatic carbocycles. The van der Waals surface area contributed by atoms with Crippen LogP contribution in [-0.2, 0) is 11.6 Å². The van der Waals surface area contributed by atoms with Gasteiger partial charge < -0.3 is 14.8 Å². The van der Waals surface area contributed by atoms with Gasteiger partial charge in [0.1, 0.15) is 0 Å². The second kappa shape index (κ2) is 6.55. The third-order valence-electron chi connectivity index (χ3n) is 4.30. The van der Waals surface area contributed by atoms with E-state index in [4.69, 9.17) is 9.47 Å². The van der Waals surface area contributed by atoms with Crippen molar-refractivity contribution in [3.05, 3.63) is 59.2 Å². The summed E-state index contributed by atoms with van der Waals surface area (Å²) in [5.41, 5.74) is -0.481. The molecule has 0 saturated carbocycles. The van der Waals surface area contributed by atoms with Crippen LogP contribution in [0.3, 0.4) is 0 Å². The molecule has 0 radical (unpaired) electrons. The number of benzene rings is 2. The minimum atomic E-state index is -4.40. The van der Waals surface area contributed by atoms with E-state index in [9.17, 15) is 18.0 Å². The van der Waals surface area contributed by atoms with Gasteiger partial charge in [-0.05, 0) is 29.8 Å². The molecule has 0 atom stereocenters. The quantitative estimate of drug-likeness (QED) is 0.886. The van der Waals surface area contributed by atoms with Crippen molar-refractivity contribution in [3.8, 4) is 11.5 Å². The Kier molecular flexibility index (Phi) is 4.56. The summed E-state index contributed by atoms with van der Waals surface area (Å²) in [6, 6.07) is 9.99. The van der Waals surface area contributed by atoms with Crippen molar-refractivity contribution in [2.45, 2.75) is 25.4 Å². The van der Waals surface area contributed by atoms with Gasteiger partial charge >= 0.3 is 6.18 Å². The van der Waals surface area contributed by atoms with Gasteiger partial charge in [-0.25, -0.2) is 0 Å². The molecule has 26 heavy (non-hydrogen) atoms. The summed E-state index contributed by atoms with van der Waals surface area (Å²) >= 11 is 0. The summed E-state index contributed by atoms with van der Waals surface area (Å²) in [7, 11) is 0. The number of amides is 1. The Morgan fingerprint density at radius 1 is 1.04 bits per heavy atom. The molecular formula is C19H18F3NO3. The SMILES string of the molecule is CC(C)(CNC(=O)c1ccc2c(c1)OCO2)c1cccc(C(F)(F)F)c1. The molecule has 4 nitrogen and oxygen atoms in total. The van der Waals surface area contributed by atoms with E-state index in [1.165, 1.54) is 6.07 Å². The van der Waals surface area contributed by atoms with Crippen LogP contribution in [0.5, 0.6) is 11.5 Å². The van der Waals surface area contributed by atoms with E-state index in [-0.39, 0.29) is 19.2 Å². The van der Waals surface area contributed by atoms with Crippen LogP contribution in [0.25, 0.3) is 0 Å². The molecule has 1 amide bonds. The molecule has 2 aromatic rings. The minimum Gasteiger partial charge on any atom is -0.454 e. The molecule has 0 bridgehead atoms. The number of hydrogen-bond acceptors (Lipinski definition) is 3. The van der Waals surface area contributed by atoms with Crippen LogP contribution < -0.4 is 14.8 Å². The van der Waals surface area contributed by atoms with Gasteiger partial charge in [0.2, 0.25) is 6.79 Å². The highest BCUT2D eigenvalue weighted by molar-refractivity contribution is 5.95. The van der Waals surface area contributed by atoms with Crippen molar-refractivity contribution >= 4 is 5.91 Å². The van der Waals surface area contributed by atoms with Gasteiger partial charge in [-0.2, -0.15) is 13.2 Å². The van der Waals surface area contributed by atoms with E-state index in [1.54, 1.807) is 38.1 Å². The van der Waals surface area contributed by atoms with Gasteiger partial charge in [0.15, 0.2) is 11.5 Å². The van der Waals surface area contributed by atoms with Gasteiger partial charge in [-0.15, -0.1) is 0 Å². The van der Waals surface area contributed by atoms with Crippen molar-refractivity contribution in [1.82, 2.24) is 5.32 Å². The van der Waals surface area contributed by atoms with Crippen LogP contribution >= 0.6 is 0 Å². The first-order chi connectivity index (χ1) is 12.2. The summed E-state index contributed by atoms with van der Waals surface area (Å²) in [4.78, 5) is 12.4. The zero-order chi connectivity index (χ0) is 18.9. The minimum absolute atomic E-state index is 0.114. The summed E-state index contributed by atoms with van der Waals surface area (Å²) < 4.78 is 49.2. The zero-order valence-electron chi connectivity index (χ0n) is 14.3. The fraction of sp³-hybridized carbons (Fsp3) is 0.316. The van der Waals surface area contributed by atoms with Crippen LogP contribution in [0.2, 0.25) is 0 Å². The molecule has 0 saturated heterocycles. The Labute approximate surface area is 148 Å². The van der Waals surface area contributed by atoms with Crippen molar-refractivity contribution < 1.29 is 27.4 Å². The van der Waals surface area contributed by atoms with Crippen molar-refractivity contribution in [2.75, 3.05) is 13.3 Å². The second-order valence-corrected chi connectivity index (χ2v) is 6.71. The molecule has 3 rings (SSSR count). The number of hydrogen-bond donors (Lipinski definition) is 1. The summed E-state index contributed by atoms with van der Waals surface area (Å²) in [5.74, 6) is 0.740. The monoisotopic (exact) mass is 365 g/mol. The van der Waals surface area contributed by atoms with Crippen molar-refractivity contribution in [3.63, 3.8) is 0 Å². The van der Waals surface area contributed by atoms with E-state index < -0.39 is 17.2 Å². The average Bonchev–Trinajstić information content (AvgIpc) is 3.07. The lowest BCUT2D eigenvalue weighted by atomic mass is 9.83. The summed E-state index contributed by atoms with van der Waals surface area (Å²) in [6.07, 6.45) is -4.40. The number of halogens is 3. The molecular weight excluding hydrogens is 347 g/mol. The number of ether oxygens (including phenoxy) is 2. The Hall–Kier alpha value is -2.70. The highest BCUT2D eigenvalue weighted by atomic mass is 19.4. The normalized spacial score (nSPS) is 13.6.